The van der Waals surface area contributed by atoms with Crippen LogP contribution >= 0.6 is 0 Å². The van der Waals surface area contributed by atoms with Crippen molar-refractivity contribution in [3.8, 4) is 11.4 Å². The van der Waals surface area contributed by atoms with Gasteiger partial charge in [0.15, 0.2) is 0 Å². The molecule has 162 valence electrons. The van der Waals surface area contributed by atoms with E-state index < -0.39 is 10.0 Å². The summed E-state index contributed by atoms with van der Waals surface area (Å²) in [5, 5.41) is 0. The van der Waals surface area contributed by atoms with Crippen molar-refractivity contribution in [1.29, 1.82) is 0 Å². The highest BCUT2D eigenvalue weighted by atomic mass is 32.2. The molecule has 1 atom stereocenters. The van der Waals surface area contributed by atoms with Gasteiger partial charge in [-0.1, -0.05) is 19.8 Å². The molecule has 1 saturated carbocycles. The lowest BCUT2D eigenvalue weighted by molar-refractivity contribution is 0.273. The van der Waals surface area contributed by atoms with Crippen molar-refractivity contribution in [3.63, 3.8) is 0 Å². The quantitative estimate of drug-likeness (QED) is 0.798. The fourth-order valence-corrected chi connectivity index (χ4v) is 6.33. The van der Waals surface area contributed by atoms with E-state index in [4.69, 9.17) is 10.7 Å². The van der Waals surface area contributed by atoms with Gasteiger partial charge in [0.2, 0.25) is 16.0 Å². The van der Waals surface area contributed by atoms with E-state index >= 15 is 0 Å². The molecule has 2 aromatic heterocycles. The molecule has 0 aromatic carbocycles. The predicted octanol–water partition coefficient (Wildman–Crippen LogP) is 2.44. The number of anilines is 1. The maximum absolute atomic E-state index is 11.9. The van der Waals surface area contributed by atoms with Crippen LogP contribution in [0.3, 0.4) is 0 Å². The number of nitrogens with zero attached hydrogens (tertiary/aromatic N) is 5. The van der Waals surface area contributed by atoms with Gasteiger partial charge in [0.25, 0.3) is 0 Å². The summed E-state index contributed by atoms with van der Waals surface area (Å²) in [4.78, 5) is 14.0. The van der Waals surface area contributed by atoms with Crippen molar-refractivity contribution in [3.05, 3.63) is 23.3 Å². The van der Waals surface area contributed by atoms with E-state index in [9.17, 15) is 8.42 Å². The average Bonchev–Trinajstić information content (AvgIpc) is 3.40. The first-order valence-corrected chi connectivity index (χ1v) is 12.7. The van der Waals surface area contributed by atoms with Crippen LogP contribution in [0.4, 0.5) is 5.95 Å². The molecule has 30 heavy (non-hydrogen) atoms. The summed E-state index contributed by atoms with van der Waals surface area (Å²) in [7, 11) is -3.15. The van der Waals surface area contributed by atoms with Crippen LogP contribution in [-0.4, -0.2) is 51.6 Å². The van der Waals surface area contributed by atoms with Crippen LogP contribution in [0.2, 0.25) is 0 Å². The first-order valence-electron chi connectivity index (χ1n) is 10.8. The van der Waals surface area contributed by atoms with Crippen LogP contribution in [0.5, 0.6) is 0 Å². The molecule has 0 bridgehead atoms. The van der Waals surface area contributed by atoms with Gasteiger partial charge in [-0.05, 0) is 44.1 Å². The molecule has 0 spiro atoms. The smallest absolute Gasteiger partial charge is 0.220 e. The molecule has 1 saturated heterocycles. The van der Waals surface area contributed by atoms with E-state index in [-0.39, 0.29) is 17.4 Å². The average molecular weight is 431 g/mol. The molecule has 2 fully saturated rings. The number of aromatic nitrogens is 4. The normalized spacial score (nSPS) is 25.2. The Labute approximate surface area is 178 Å². The zero-order valence-corrected chi connectivity index (χ0v) is 18.7. The van der Waals surface area contributed by atoms with Crippen molar-refractivity contribution in [2.24, 2.45) is 5.92 Å². The maximum atomic E-state index is 11.9. The van der Waals surface area contributed by atoms with Gasteiger partial charge < -0.3 is 10.3 Å². The molecule has 2 N–H and O–H groups in total. The monoisotopic (exact) mass is 430 g/mol. The Morgan fingerprint density at radius 3 is 2.53 bits per heavy atom. The van der Waals surface area contributed by atoms with Gasteiger partial charge in [0, 0.05) is 30.7 Å². The number of nitrogen functional groups attached to an aromatic ring is 1. The summed E-state index contributed by atoms with van der Waals surface area (Å²) < 4.78 is 27.8. The van der Waals surface area contributed by atoms with Gasteiger partial charge in [-0.3, -0.25) is 0 Å². The number of imidazole rings is 1. The highest BCUT2D eigenvalue weighted by molar-refractivity contribution is 7.88. The molecule has 5 rings (SSSR count). The molecule has 9 heteroatoms. The highest BCUT2D eigenvalue weighted by Crippen LogP contribution is 2.50. The number of aryl methyl sites for hydroxylation is 1. The largest absolute Gasteiger partial charge is 0.368 e. The molecule has 0 radical (unpaired) electrons. The number of hydrogen-bond donors (Lipinski definition) is 1. The van der Waals surface area contributed by atoms with E-state index in [1.165, 1.54) is 19.1 Å². The number of hydrogen-bond acceptors (Lipinski definition) is 6. The van der Waals surface area contributed by atoms with Crippen LogP contribution in [-0.2, 0) is 21.9 Å². The highest BCUT2D eigenvalue weighted by Gasteiger charge is 2.44. The van der Waals surface area contributed by atoms with E-state index in [0.29, 0.717) is 13.1 Å². The van der Waals surface area contributed by atoms with Gasteiger partial charge in [0.05, 0.1) is 23.3 Å². The predicted molar refractivity (Wildman–Crippen MR) is 115 cm³/mol. The Bertz CT molecular complexity index is 1100. The fourth-order valence-electron chi connectivity index (χ4n) is 5.46. The number of sulfonamides is 1. The fraction of sp³-hybridized carbons (Fsp3) is 0.667. The topological polar surface area (TPSA) is 107 Å². The number of piperidine rings is 1. The van der Waals surface area contributed by atoms with E-state index in [1.807, 2.05) is 6.20 Å². The minimum atomic E-state index is -3.15. The molecular weight excluding hydrogens is 400 g/mol. The Kier molecular flexibility index (Phi) is 4.49. The number of rotatable bonds is 4. The standard InChI is InChI=1S/C21H30N6O2S/c1-13-24-19-18(27(13)16-6-8-26(9-7-16)30(3,28)29)17-15(12-23-20(22)25-17)11-21(19,2)10-14-4-5-14/h12,14,16H,4-11H2,1-3H3,(H2,22,23,25). The second-order valence-corrected chi connectivity index (χ2v) is 11.6. The van der Waals surface area contributed by atoms with Crippen LogP contribution in [0, 0.1) is 12.8 Å². The lowest BCUT2D eigenvalue weighted by Crippen LogP contribution is -2.39. The van der Waals surface area contributed by atoms with Gasteiger partial charge in [-0.15, -0.1) is 0 Å². The third kappa shape index (κ3) is 3.32. The SMILES string of the molecule is Cc1nc2c(n1C1CCN(S(C)(=O)=O)CC1)-c1nc(N)ncc1CC2(C)CC1CC1. The lowest BCUT2D eigenvalue weighted by Gasteiger charge is -2.36. The summed E-state index contributed by atoms with van der Waals surface area (Å²) in [6, 6.07) is 0.201. The minimum Gasteiger partial charge on any atom is -0.368 e. The molecule has 1 unspecified atom stereocenters. The van der Waals surface area contributed by atoms with Crippen LogP contribution in [0.15, 0.2) is 6.20 Å². The first-order chi connectivity index (χ1) is 14.2. The second-order valence-electron chi connectivity index (χ2n) is 9.61. The van der Waals surface area contributed by atoms with Crippen LogP contribution in [0.1, 0.15) is 62.2 Å². The van der Waals surface area contributed by atoms with Gasteiger partial charge in [-0.2, -0.15) is 0 Å². The molecule has 0 amide bonds. The molecular formula is C21H30N6O2S. The zero-order valence-electron chi connectivity index (χ0n) is 17.9. The van der Waals surface area contributed by atoms with Crippen molar-refractivity contribution >= 4 is 16.0 Å². The summed E-state index contributed by atoms with van der Waals surface area (Å²) in [6.45, 7) is 5.46. The van der Waals surface area contributed by atoms with Crippen molar-refractivity contribution < 1.29 is 8.42 Å². The Hall–Kier alpha value is -2.00. The molecule has 2 aromatic rings. The maximum Gasteiger partial charge on any atom is 0.220 e. The van der Waals surface area contributed by atoms with Crippen LogP contribution in [0.25, 0.3) is 11.4 Å². The van der Waals surface area contributed by atoms with Crippen molar-refractivity contribution in [2.75, 3.05) is 25.1 Å². The van der Waals surface area contributed by atoms with Gasteiger partial charge >= 0.3 is 0 Å². The summed E-state index contributed by atoms with van der Waals surface area (Å²) in [6.07, 6.45) is 9.33. The van der Waals surface area contributed by atoms with Gasteiger partial charge in [-0.25, -0.2) is 27.7 Å². The van der Waals surface area contributed by atoms with Gasteiger partial charge in [0.1, 0.15) is 5.82 Å². The van der Waals surface area contributed by atoms with E-state index in [2.05, 4.69) is 28.4 Å². The van der Waals surface area contributed by atoms with E-state index in [0.717, 1.165) is 60.1 Å². The molecule has 3 heterocycles. The Morgan fingerprint density at radius 2 is 1.90 bits per heavy atom. The second kappa shape index (κ2) is 6.75. The summed E-state index contributed by atoms with van der Waals surface area (Å²) in [5.41, 5.74) is 10.2. The Balaban J connectivity index is 1.59. The lowest BCUT2D eigenvalue weighted by atomic mass is 9.71. The molecule has 3 aliphatic rings. The van der Waals surface area contributed by atoms with Crippen molar-refractivity contribution in [2.45, 2.75) is 63.8 Å². The van der Waals surface area contributed by atoms with Crippen molar-refractivity contribution in [1.82, 2.24) is 23.8 Å². The number of nitrogens with two attached hydrogens (primary N) is 1. The van der Waals surface area contributed by atoms with E-state index in [1.54, 1.807) is 4.31 Å². The minimum absolute atomic E-state index is 0.0353. The van der Waals surface area contributed by atoms with Crippen LogP contribution < -0.4 is 5.73 Å². The summed E-state index contributed by atoms with van der Waals surface area (Å²) >= 11 is 0. The molecule has 8 nitrogen and oxygen atoms in total. The first kappa shape index (κ1) is 19.9. The zero-order chi connectivity index (χ0) is 21.3. The third-order valence-electron chi connectivity index (χ3n) is 7.04. The number of fused-ring (bicyclic) bond motifs is 3. The molecule has 1 aliphatic heterocycles. The third-order valence-corrected chi connectivity index (χ3v) is 8.34. The Morgan fingerprint density at radius 1 is 1.20 bits per heavy atom. The molecule has 2 aliphatic carbocycles. The summed E-state index contributed by atoms with van der Waals surface area (Å²) in [5.74, 6) is 2.04.